The van der Waals surface area contributed by atoms with Crippen LogP contribution in [-0.4, -0.2) is 33.4 Å². The predicted octanol–water partition coefficient (Wildman–Crippen LogP) is 5.56. The number of hydrogen-bond acceptors (Lipinski definition) is 4. The Labute approximate surface area is 166 Å². The molecule has 0 unspecified atom stereocenters. The molecule has 156 valence electrons. The lowest BCUT2D eigenvalue weighted by Crippen LogP contribution is -2.27. The van der Waals surface area contributed by atoms with Crippen LogP contribution >= 0.6 is 0 Å². The summed E-state index contributed by atoms with van der Waals surface area (Å²) in [5.41, 5.74) is 0. The highest BCUT2D eigenvalue weighted by Gasteiger charge is 2.15. The summed E-state index contributed by atoms with van der Waals surface area (Å²) in [6.45, 7) is 2.89. The van der Waals surface area contributed by atoms with Crippen molar-refractivity contribution >= 4 is 10.3 Å². The molecule has 0 aliphatic carbocycles. The normalized spacial score (nSPS) is 11.7. The first-order chi connectivity index (χ1) is 13.0. The number of unbranched alkanes of at least 4 members (excludes halogenated alkanes) is 10. The summed E-state index contributed by atoms with van der Waals surface area (Å²) >= 11 is 0. The van der Waals surface area contributed by atoms with Gasteiger partial charge in [0.2, 0.25) is 0 Å². The molecule has 0 saturated carbocycles. The second-order valence-electron chi connectivity index (χ2n) is 7.18. The van der Waals surface area contributed by atoms with Crippen LogP contribution < -0.4 is 8.92 Å². The fourth-order valence-corrected chi connectivity index (χ4v) is 3.26. The summed E-state index contributed by atoms with van der Waals surface area (Å²) in [5, 5.41) is 0. The van der Waals surface area contributed by atoms with Crippen molar-refractivity contribution in [3.63, 3.8) is 0 Å². The molecule has 0 amide bonds. The van der Waals surface area contributed by atoms with Crippen LogP contribution in [0.15, 0.2) is 24.3 Å². The van der Waals surface area contributed by atoms with Crippen LogP contribution in [0.3, 0.4) is 0 Å². The van der Waals surface area contributed by atoms with Gasteiger partial charge in [-0.25, -0.2) is 0 Å². The molecule has 5 nitrogen and oxygen atoms in total. The van der Waals surface area contributed by atoms with Crippen molar-refractivity contribution in [2.75, 3.05) is 20.7 Å². The molecule has 0 bridgehead atoms. The van der Waals surface area contributed by atoms with E-state index in [4.69, 9.17) is 8.92 Å². The van der Waals surface area contributed by atoms with Gasteiger partial charge in [0.05, 0.1) is 6.61 Å². The Morgan fingerprint density at radius 2 is 1.33 bits per heavy atom. The molecule has 0 N–H and O–H groups in total. The van der Waals surface area contributed by atoms with E-state index in [9.17, 15) is 8.42 Å². The molecular weight excluding hydrogens is 362 g/mol. The van der Waals surface area contributed by atoms with Gasteiger partial charge in [-0.3, -0.25) is 0 Å². The van der Waals surface area contributed by atoms with Crippen molar-refractivity contribution in [2.45, 2.75) is 77.6 Å². The van der Waals surface area contributed by atoms with Crippen LogP contribution in [0.1, 0.15) is 77.6 Å². The first-order valence-electron chi connectivity index (χ1n) is 10.3. The third-order valence-electron chi connectivity index (χ3n) is 4.47. The standard InChI is InChI=1S/C21H37NO4S/c1-4-5-6-7-8-9-10-11-12-13-14-18-25-20-16-15-17-21(19-20)26-27(23,24)22(2)3/h15-17,19H,4-14,18H2,1-3H3. The first kappa shape index (κ1) is 23.8. The van der Waals surface area contributed by atoms with Crippen molar-refractivity contribution in [1.82, 2.24) is 4.31 Å². The molecule has 0 aromatic heterocycles. The SMILES string of the molecule is CCCCCCCCCCCCCOc1cccc(OS(=O)(=O)N(C)C)c1. The van der Waals surface area contributed by atoms with E-state index >= 15 is 0 Å². The van der Waals surface area contributed by atoms with Crippen molar-refractivity contribution in [3.8, 4) is 11.5 Å². The largest absolute Gasteiger partial charge is 0.493 e. The van der Waals surface area contributed by atoms with Gasteiger partial charge in [-0.1, -0.05) is 77.2 Å². The average molecular weight is 400 g/mol. The van der Waals surface area contributed by atoms with Gasteiger partial charge in [-0.05, 0) is 18.6 Å². The van der Waals surface area contributed by atoms with Gasteiger partial charge in [0.25, 0.3) is 0 Å². The number of rotatable bonds is 16. The molecule has 0 saturated heterocycles. The molecule has 6 heteroatoms. The monoisotopic (exact) mass is 399 g/mol. The summed E-state index contributed by atoms with van der Waals surface area (Å²) in [7, 11) is -0.872. The highest BCUT2D eigenvalue weighted by Crippen LogP contribution is 2.21. The van der Waals surface area contributed by atoms with Crippen LogP contribution in [0.4, 0.5) is 0 Å². The summed E-state index contributed by atoms with van der Waals surface area (Å²) in [6.07, 6.45) is 14.3. The number of benzene rings is 1. The quantitative estimate of drug-likeness (QED) is 0.341. The number of nitrogens with zero attached hydrogens (tertiary/aromatic N) is 1. The lowest BCUT2D eigenvalue weighted by Gasteiger charge is -2.13. The topological polar surface area (TPSA) is 55.8 Å². The van der Waals surface area contributed by atoms with E-state index in [-0.39, 0.29) is 5.75 Å². The summed E-state index contributed by atoms with van der Waals surface area (Å²) < 4.78 is 35.3. The second-order valence-corrected chi connectivity index (χ2v) is 8.93. The third-order valence-corrected chi connectivity index (χ3v) is 5.77. The van der Waals surface area contributed by atoms with Crippen LogP contribution in [0.25, 0.3) is 0 Å². The highest BCUT2D eigenvalue weighted by molar-refractivity contribution is 7.84. The maximum absolute atomic E-state index is 11.7. The number of ether oxygens (including phenoxy) is 1. The maximum Gasteiger partial charge on any atom is 0.384 e. The first-order valence-corrected chi connectivity index (χ1v) is 11.7. The fourth-order valence-electron chi connectivity index (χ4n) is 2.77. The smallest absolute Gasteiger partial charge is 0.384 e. The van der Waals surface area contributed by atoms with Gasteiger partial charge in [0.15, 0.2) is 0 Å². The average Bonchev–Trinajstić information content (AvgIpc) is 2.62. The third kappa shape index (κ3) is 11.2. The van der Waals surface area contributed by atoms with Crippen molar-refractivity contribution in [3.05, 3.63) is 24.3 Å². The zero-order chi connectivity index (χ0) is 20.0. The van der Waals surface area contributed by atoms with Gasteiger partial charge in [-0.2, -0.15) is 12.7 Å². The van der Waals surface area contributed by atoms with E-state index in [2.05, 4.69) is 6.92 Å². The molecule has 0 aliphatic rings. The molecule has 27 heavy (non-hydrogen) atoms. The number of hydrogen-bond donors (Lipinski definition) is 0. The lowest BCUT2D eigenvalue weighted by atomic mass is 10.1. The molecule has 0 atom stereocenters. The van der Waals surface area contributed by atoms with E-state index in [1.54, 1.807) is 18.2 Å². The van der Waals surface area contributed by atoms with E-state index < -0.39 is 10.3 Å². The van der Waals surface area contributed by atoms with Gasteiger partial charge in [0, 0.05) is 20.2 Å². The Morgan fingerprint density at radius 3 is 1.89 bits per heavy atom. The molecule has 0 fully saturated rings. The summed E-state index contributed by atoms with van der Waals surface area (Å²) in [4.78, 5) is 0. The summed E-state index contributed by atoms with van der Waals surface area (Å²) in [6, 6.07) is 6.76. The second kappa shape index (κ2) is 13.8. The van der Waals surface area contributed by atoms with Crippen molar-refractivity contribution < 1.29 is 17.3 Å². The maximum atomic E-state index is 11.7. The highest BCUT2D eigenvalue weighted by atomic mass is 32.2. The van der Waals surface area contributed by atoms with Gasteiger partial charge in [-0.15, -0.1) is 0 Å². The minimum absolute atomic E-state index is 0.264. The van der Waals surface area contributed by atoms with Gasteiger partial charge >= 0.3 is 10.3 Å². The molecular formula is C21H37NO4S. The Bertz CT molecular complexity index is 602. The van der Waals surface area contributed by atoms with Crippen molar-refractivity contribution in [2.24, 2.45) is 0 Å². The van der Waals surface area contributed by atoms with E-state index in [0.29, 0.717) is 12.4 Å². The fraction of sp³-hybridized carbons (Fsp3) is 0.714. The van der Waals surface area contributed by atoms with Crippen LogP contribution in [0, 0.1) is 0 Å². The lowest BCUT2D eigenvalue weighted by molar-refractivity contribution is 0.303. The molecule has 1 rings (SSSR count). The van der Waals surface area contributed by atoms with Crippen LogP contribution in [-0.2, 0) is 10.3 Å². The Balaban J connectivity index is 2.11. The van der Waals surface area contributed by atoms with Gasteiger partial charge in [0.1, 0.15) is 11.5 Å². The molecule has 0 radical (unpaired) electrons. The zero-order valence-corrected chi connectivity index (χ0v) is 18.1. The molecule has 0 aliphatic heterocycles. The Morgan fingerprint density at radius 1 is 0.815 bits per heavy atom. The zero-order valence-electron chi connectivity index (χ0n) is 17.3. The predicted molar refractivity (Wildman–Crippen MR) is 112 cm³/mol. The van der Waals surface area contributed by atoms with E-state index in [0.717, 1.165) is 10.7 Å². The van der Waals surface area contributed by atoms with Crippen LogP contribution in [0.5, 0.6) is 11.5 Å². The Kier molecular flexibility index (Phi) is 12.2. The molecule has 1 aromatic rings. The molecule has 1 aromatic carbocycles. The van der Waals surface area contributed by atoms with Crippen molar-refractivity contribution in [1.29, 1.82) is 0 Å². The van der Waals surface area contributed by atoms with E-state index in [1.807, 2.05) is 6.07 Å². The minimum Gasteiger partial charge on any atom is -0.493 e. The Hall–Kier alpha value is -1.27. The van der Waals surface area contributed by atoms with Gasteiger partial charge < -0.3 is 8.92 Å². The minimum atomic E-state index is -3.74. The molecule has 0 heterocycles. The van der Waals surface area contributed by atoms with Crippen LogP contribution in [0.2, 0.25) is 0 Å². The molecule has 0 spiro atoms. The summed E-state index contributed by atoms with van der Waals surface area (Å²) in [5.74, 6) is 0.897. The van der Waals surface area contributed by atoms with E-state index in [1.165, 1.54) is 78.3 Å².